The van der Waals surface area contributed by atoms with Gasteiger partial charge in [-0.15, -0.1) is 0 Å². The molecular weight excluding hydrogens is 196 g/mol. The maximum atomic E-state index is 11.8. The molecule has 1 unspecified atom stereocenters. The van der Waals surface area contributed by atoms with Crippen molar-refractivity contribution in [3.63, 3.8) is 0 Å². The Bertz CT molecular complexity index is 324. The van der Waals surface area contributed by atoms with Crippen LogP contribution >= 0.6 is 11.6 Å². The van der Waals surface area contributed by atoms with Crippen LogP contribution in [0, 0.1) is 12.8 Å². The molecule has 0 N–H and O–H groups in total. The van der Waals surface area contributed by atoms with Crippen LogP contribution in [0.1, 0.15) is 36.2 Å². The standard InChI is InChI=1S/C12H15ClO/c1-4-9(3)12(14)10-5-8(2)6-11(13)7-10/h5-7,9H,4H2,1-3H3. The molecule has 0 heterocycles. The molecule has 1 atom stereocenters. The Balaban J connectivity index is 3.01. The minimum absolute atomic E-state index is 0.0767. The SMILES string of the molecule is CCC(C)C(=O)c1cc(C)cc(Cl)c1. The first kappa shape index (κ1) is 11.3. The fraction of sp³-hybridized carbons (Fsp3) is 0.417. The summed E-state index contributed by atoms with van der Waals surface area (Å²) in [6.07, 6.45) is 0.865. The highest BCUT2D eigenvalue weighted by atomic mass is 35.5. The van der Waals surface area contributed by atoms with Crippen molar-refractivity contribution in [1.29, 1.82) is 0 Å². The molecule has 1 aromatic carbocycles. The van der Waals surface area contributed by atoms with Gasteiger partial charge in [0.1, 0.15) is 0 Å². The lowest BCUT2D eigenvalue weighted by atomic mass is 9.96. The molecule has 0 saturated heterocycles. The van der Waals surface area contributed by atoms with Crippen LogP contribution < -0.4 is 0 Å². The summed E-state index contributed by atoms with van der Waals surface area (Å²) < 4.78 is 0. The molecule has 2 heteroatoms. The normalized spacial score (nSPS) is 12.6. The van der Waals surface area contributed by atoms with Crippen LogP contribution in [0.25, 0.3) is 0 Å². The van der Waals surface area contributed by atoms with E-state index in [9.17, 15) is 4.79 Å². The molecule has 0 aliphatic heterocycles. The first-order chi connectivity index (χ1) is 6.54. The first-order valence-electron chi connectivity index (χ1n) is 4.86. The Labute approximate surface area is 90.1 Å². The van der Waals surface area contributed by atoms with Gasteiger partial charge in [-0.3, -0.25) is 4.79 Å². The summed E-state index contributed by atoms with van der Waals surface area (Å²) in [5, 5.41) is 0.636. The highest BCUT2D eigenvalue weighted by Crippen LogP contribution is 2.18. The Morgan fingerprint density at radius 1 is 1.43 bits per heavy atom. The second-order valence-corrected chi connectivity index (χ2v) is 4.13. The molecule has 0 amide bonds. The van der Waals surface area contributed by atoms with Crippen LogP contribution in [0.3, 0.4) is 0 Å². The van der Waals surface area contributed by atoms with Crippen molar-refractivity contribution in [2.75, 3.05) is 0 Å². The van der Waals surface area contributed by atoms with Gasteiger partial charge in [0.05, 0.1) is 0 Å². The highest BCUT2D eigenvalue weighted by Gasteiger charge is 2.13. The number of benzene rings is 1. The number of hydrogen-bond acceptors (Lipinski definition) is 1. The molecule has 76 valence electrons. The van der Waals surface area contributed by atoms with E-state index in [1.165, 1.54) is 0 Å². The predicted octanol–water partition coefficient (Wildman–Crippen LogP) is 3.88. The minimum Gasteiger partial charge on any atom is -0.294 e. The topological polar surface area (TPSA) is 17.1 Å². The van der Waals surface area contributed by atoms with Gasteiger partial charge in [0.25, 0.3) is 0 Å². The van der Waals surface area contributed by atoms with Gasteiger partial charge in [-0.2, -0.15) is 0 Å². The zero-order valence-electron chi connectivity index (χ0n) is 8.80. The predicted molar refractivity (Wildman–Crippen MR) is 60.0 cm³/mol. The van der Waals surface area contributed by atoms with E-state index in [0.717, 1.165) is 17.5 Å². The fourth-order valence-electron chi connectivity index (χ4n) is 1.35. The highest BCUT2D eigenvalue weighted by molar-refractivity contribution is 6.31. The number of ketones is 1. The summed E-state index contributed by atoms with van der Waals surface area (Å²) in [4.78, 5) is 11.8. The molecule has 0 saturated carbocycles. The molecule has 1 aromatic rings. The third-order valence-electron chi connectivity index (χ3n) is 2.39. The Morgan fingerprint density at radius 3 is 2.57 bits per heavy atom. The van der Waals surface area contributed by atoms with Crippen molar-refractivity contribution < 1.29 is 4.79 Å². The van der Waals surface area contributed by atoms with Gasteiger partial charge < -0.3 is 0 Å². The zero-order valence-corrected chi connectivity index (χ0v) is 9.56. The molecule has 1 rings (SSSR count). The van der Waals surface area contributed by atoms with Crippen molar-refractivity contribution in [2.45, 2.75) is 27.2 Å². The lowest BCUT2D eigenvalue weighted by Gasteiger charge is -2.08. The van der Waals surface area contributed by atoms with Crippen LogP contribution in [0.5, 0.6) is 0 Å². The van der Waals surface area contributed by atoms with Gasteiger partial charge >= 0.3 is 0 Å². The fourth-order valence-corrected chi connectivity index (χ4v) is 1.64. The first-order valence-corrected chi connectivity index (χ1v) is 5.23. The number of aryl methyl sites for hydroxylation is 1. The third-order valence-corrected chi connectivity index (χ3v) is 2.60. The van der Waals surface area contributed by atoms with Crippen LogP contribution in [0.2, 0.25) is 5.02 Å². The zero-order chi connectivity index (χ0) is 10.7. The summed E-state index contributed by atoms with van der Waals surface area (Å²) in [6, 6.07) is 5.48. The largest absolute Gasteiger partial charge is 0.294 e. The van der Waals surface area contributed by atoms with Gasteiger partial charge in [0, 0.05) is 16.5 Å². The van der Waals surface area contributed by atoms with Crippen LogP contribution in [0.15, 0.2) is 18.2 Å². The van der Waals surface area contributed by atoms with E-state index in [1.54, 1.807) is 6.07 Å². The lowest BCUT2D eigenvalue weighted by molar-refractivity contribution is 0.0927. The van der Waals surface area contributed by atoms with E-state index in [1.807, 2.05) is 32.9 Å². The monoisotopic (exact) mass is 210 g/mol. The molecule has 14 heavy (non-hydrogen) atoms. The lowest BCUT2D eigenvalue weighted by Crippen LogP contribution is -2.10. The molecule has 0 radical (unpaired) electrons. The number of rotatable bonds is 3. The number of carbonyl (C=O) groups is 1. The van der Waals surface area contributed by atoms with Crippen molar-refractivity contribution in [3.8, 4) is 0 Å². The Kier molecular flexibility index (Phi) is 3.70. The molecule has 0 aliphatic carbocycles. The maximum Gasteiger partial charge on any atom is 0.165 e. The summed E-state index contributed by atoms with van der Waals surface area (Å²) in [7, 11) is 0. The number of Topliss-reactive ketones (excluding diaryl/α,β-unsaturated/α-hetero) is 1. The van der Waals surface area contributed by atoms with Crippen molar-refractivity contribution in [3.05, 3.63) is 34.3 Å². The molecule has 0 spiro atoms. The van der Waals surface area contributed by atoms with Gasteiger partial charge in [-0.1, -0.05) is 25.4 Å². The molecule has 0 fully saturated rings. The summed E-state index contributed by atoms with van der Waals surface area (Å²) in [5.41, 5.74) is 1.76. The number of carbonyl (C=O) groups excluding carboxylic acids is 1. The third kappa shape index (κ3) is 2.58. The quantitative estimate of drug-likeness (QED) is 0.692. The van der Waals surface area contributed by atoms with Gasteiger partial charge in [0.2, 0.25) is 0 Å². The number of halogens is 1. The van der Waals surface area contributed by atoms with Crippen LogP contribution in [-0.2, 0) is 0 Å². The van der Waals surface area contributed by atoms with Crippen molar-refractivity contribution in [1.82, 2.24) is 0 Å². The smallest absolute Gasteiger partial charge is 0.165 e. The average Bonchev–Trinajstić information content (AvgIpc) is 2.14. The van der Waals surface area contributed by atoms with E-state index in [-0.39, 0.29) is 11.7 Å². The van der Waals surface area contributed by atoms with E-state index < -0.39 is 0 Å². The van der Waals surface area contributed by atoms with Gasteiger partial charge in [0.15, 0.2) is 5.78 Å². The molecule has 1 nitrogen and oxygen atoms in total. The second-order valence-electron chi connectivity index (χ2n) is 3.69. The Hall–Kier alpha value is -0.820. The van der Waals surface area contributed by atoms with Gasteiger partial charge in [-0.25, -0.2) is 0 Å². The Morgan fingerprint density at radius 2 is 2.07 bits per heavy atom. The van der Waals surface area contributed by atoms with E-state index in [4.69, 9.17) is 11.6 Å². The summed E-state index contributed by atoms with van der Waals surface area (Å²) in [5.74, 6) is 0.256. The molecule has 0 aliphatic rings. The van der Waals surface area contributed by atoms with Crippen molar-refractivity contribution >= 4 is 17.4 Å². The minimum atomic E-state index is 0.0767. The maximum absolute atomic E-state index is 11.8. The van der Waals surface area contributed by atoms with Crippen LogP contribution in [-0.4, -0.2) is 5.78 Å². The molecule has 0 bridgehead atoms. The second kappa shape index (κ2) is 4.61. The molecule has 0 aromatic heterocycles. The number of hydrogen-bond donors (Lipinski definition) is 0. The summed E-state index contributed by atoms with van der Waals surface area (Å²) >= 11 is 5.89. The van der Waals surface area contributed by atoms with E-state index in [2.05, 4.69) is 0 Å². The van der Waals surface area contributed by atoms with Crippen LogP contribution in [0.4, 0.5) is 0 Å². The van der Waals surface area contributed by atoms with E-state index >= 15 is 0 Å². The van der Waals surface area contributed by atoms with E-state index in [0.29, 0.717) is 5.02 Å². The average molecular weight is 211 g/mol. The van der Waals surface area contributed by atoms with Crippen molar-refractivity contribution in [2.24, 2.45) is 5.92 Å². The molecular formula is C12H15ClO. The summed E-state index contributed by atoms with van der Waals surface area (Å²) in [6.45, 7) is 5.90. The van der Waals surface area contributed by atoms with Gasteiger partial charge in [-0.05, 0) is 37.1 Å².